The zero-order valence-corrected chi connectivity index (χ0v) is 15.9. The molecule has 4 rings (SSSR count). The predicted molar refractivity (Wildman–Crippen MR) is 110 cm³/mol. The van der Waals surface area contributed by atoms with Crippen LogP contribution in [-0.4, -0.2) is 19.1 Å². The molecule has 0 fully saturated rings. The van der Waals surface area contributed by atoms with Gasteiger partial charge in [0.1, 0.15) is 5.75 Å². The largest absolute Gasteiger partial charge is 0.496 e. The summed E-state index contributed by atoms with van der Waals surface area (Å²) in [5, 5.41) is 3.83. The molecular weight excluding hydrogens is 332 g/mol. The molecule has 0 bridgehead atoms. The fraction of sp³-hybridized carbons (Fsp3) is 0.250. The van der Waals surface area contributed by atoms with Crippen molar-refractivity contribution in [3.05, 3.63) is 101 Å². The lowest BCUT2D eigenvalue weighted by Gasteiger charge is -2.41. The van der Waals surface area contributed by atoms with E-state index in [1.807, 2.05) is 12.1 Å². The van der Waals surface area contributed by atoms with Crippen molar-refractivity contribution in [1.82, 2.24) is 10.2 Å². The Labute approximate surface area is 161 Å². The number of methoxy groups -OCH3 is 1. The minimum Gasteiger partial charge on any atom is -0.496 e. The minimum atomic E-state index is 0.215. The van der Waals surface area contributed by atoms with Gasteiger partial charge in [-0.1, -0.05) is 72.8 Å². The molecule has 1 aliphatic heterocycles. The Morgan fingerprint density at radius 1 is 0.926 bits per heavy atom. The molecule has 0 spiro atoms. The molecular formula is C24H26N2O. The van der Waals surface area contributed by atoms with Crippen LogP contribution in [0.1, 0.15) is 34.3 Å². The number of benzene rings is 3. The van der Waals surface area contributed by atoms with E-state index in [1.54, 1.807) is 7.11 Å². The molecule has 0 amide bonds. The highest BCUT2D eigenvalue weighted by Gasteiger charge is 2.33. The van der Waals surface area contributed by atoms with Crippen molar-refractivity contribution in [2.24, 2.45) is 0 Å². The van der Waals surface area contributed by atoms with Gasteiger partial charge in [0.2, 0.25) is 0 Å². The van der Waals surface area contributed by atoms with E-state index in [0.29, 0.717) is 0 Å². The summed E-state index contributed by atoms with van der Waals surface area (Å²) < 4.78 is 5.54. The first-order valence-electron chi connectivity index (χ1n) is 9.46. The van der Waals surface area contributed by atoms with Crippen molar-refractivity contribution >= 4 is 0 Å². The van der Waals surface area contributed by atoms with Gasteiger partial charge in [0.25, 0.3) is 0 Å². The van der Waals surface area contributed by atoms with Crippen LogP contribution in [0.4, 0.5) is 0 Å². The number of nitrogens with one attached hydrogen (secondary N) is 1. The quantitative estimate of drug-likeness (QED) is 0.715. The highest BCUT2D eigenvalue weighted by Crippen LogP contribution is 2.40. The molecule has 3 aromatic rings. The maximum atomic E-state index is 5.54. The molecule has 1 aliphatic rings. The summed E-state index contributed by atoms with van der Waals surface area (Å²) in [7, 11) is 3.95. The number of nitrogens with zero attached hydrogens (tertiary/aromatic N) is 1. The number of para-hydroxylation sites is 1. The van der Waals surface area contributed by atoms with Crippen LogP contribution in [0.15, 0.2) is 78.9 Å². The Balaban J connectivity index is 1.69. The molecule has 0 saturated carbocycles. The van der Waals surface area contributed by atoms with E-state index >= 15 is 0 Å². The second-order valence-electron chi connectivity index (χ2n) is 7.14. The van der Waals surface area contributed by atoms with Gasteiger partial charge in [0.15, 0.2) is 0 Å². The number of hydrogen-bond acceptors (Lipinski definition) is 3. The Morgan fingerprint density at radius 3 is 2.44 bits per heavy atom. The summed E-state index contributed by atoms with van der Waals surface area (Å²) in [4.78, 5) is 2.44. The molecule has 3 nitrogen and oxygen atoms in total. The van der Waals surface area contributed by atoms with Crippen molar-refractivity contribution in [2.45, 2.75) is 25.2 Å². The first-order chi connectivity index (χ1) is 13.3. The van der Waals surface area contributed by atoms with Crippen LogP contribution >= 0.6 is 0 Å². The standard InChI is InChI=1S/C24H26N2O/c1-26-17-20-13-6-8-14-21(20)23(24(26)18-10-4-3-5-11-18)25-16-19-12-7-9-15-22(19)27-2/h3-15,23-25H,16-17H2,1-2H3. The van der Waals surface area contributed by atoms with Crippen LogP contribution in [0.5, 0.6) is 5.75 Å². The fourth-order valence-electron chi connectivity index (χ4n) is 4.16. The molecule has 0 aromatic heterocycles. The zero-order valence-electron chi connectivity index (χ0n) is 15.9. The van der Waals surface area contributed by atoms with E-state index in [9.17, 15) is 0 Å². The Kier molecular flexibility index (Phi) is 5.23. The topological polar surface area (TPSA) is 24.5 Å². The van der Waals surface area contributed by atoms with Gasteiger partial charge in [-0.25, -0.2) is 0 Å². The summed E-state index contributed by atoms with van der Waals surface area (Å²) >= 11 is 0. The first kappa shape index (κ1) is 17.8. The van der Waals surface area contributed by atoms with Gasteiger partial charge >= 0.3 is 0 Å². The summed E-state index contributed by atoms with van der Waals surface area (Å²) in [5.74, 6) is 0.929. The van der Waals surface area contributed by atoms with Crippen LogP contribution < -0.4 is 10.1 Å². The van der Waals surface area contributed by atoms with Crippen molar-refractivity contribution < 1.29 is 4.74 Å². The first-order valence-corrected chi connectivity index (χ1v) is 9.46. The lowest BCUT2D eigenvalue weighted by atomic mass is 9.85. The lowest BCUT2D eigenvalue weighted by molar-refractivity contribution is 0.164. The van der Waals surface area contributed by atoms with Gasteiger partial charge < -0.3 is 10.1 Å². The van der Waals surface area contributed by atoms with Crippen LogP contribution in [0.2, 0.25) is 0 Å². The van der Waals surface area contributed by atoms with Gasteiger partial charge in [-0.2, -0.15) is 0 Å². The number of ether oxygens (including phenoxy) is 1. The third kappa shape index (κ3) is 3.61. The Morgan fingerprint density at radius 2 is 1.63 bits per heavy atom. The number of rotatable bonds is 5. The SMILES string of the molecule is COc1ccccc1CNC1c2ccccc2CN(C)C1c1ccccc1. The molecule has 27 heavy (non-hydrogen) atoms. The molecule has 3 aromatic carbocycles. The summed E-state index contributed by atoms with van der Waals surface area (Å²) in [6, 6.07) is 28.3. The smallest absolute Gasteiger partial charge is 0.123 e. The van der Waals surface area contributed by atoms with Crippen LogP contribution in [0.25, 0.3) is 0 Å². The van der Waals surface area contributed by atoms with E-state index in [2.05, 4.69) is 84.0 Å². The fourth-order valence-corrected chi connectivity index (χ4v) is 4.16. The van der Waals surface area contributed by atoms with Crippen LogP contribution in [0.3, 0.4) is 0 Å². The molecule has 0 radical (unpaired) electrons. The number of hydrogen-bond donors (Lipinski definition) is 1. The summed E-state index contributed by atoms with van der Waals surface area (Å²) in [6.45, 7) is 1.72. The lowest BCUT2D eigenvalue weighted by Crippen LogP contribution is -2.40. The average Bonchev–Trinajstić information content (AvgIpc) is 2.72. The number of fused-ring (bicyclic) bond motifs is 1. The van der Waals surface area contributed by atoms with Crippen molar-refractivity contribution in [1.29, 1.82) is 0 Å². The van der Waals surface area contributed by atoms with Crippen LogP contribution in [-0.2, 0) is 13.1 Å². The average molecular weight is 358 g/mol. The third-order valence-corrected chi connectivity index (χ3v) is 5.45. The Hall–Kier alpha value is -2.62. The molecule has 0 aliphatic carbocycles. The second kappa shape index (κ2) is 7.95. The second-order valence-corrected chi connectivity index (χ2v) is 7.14. The molecule has 0 saturated heterocycles. The van der Waals surface area contributed by atoms with Gasteiger partial charge in [0, 0.05) is 18.7 Å². The van der Waals surface area contributed by atoms with Gasteiger partial charge in [-0.05, 0) is 29.8 Å². The van der Waals surface area contributed by atoms with E-state index in [0.717, 1.165) is 18.8 Å². The minimum absolute atomic E-state index is 0.215. The van der Waals surface area contributed by atoms with E-state index in [4.69, 9.17) is 4.74 Å². The zero-order chi connectivity index (χ0) is 18.6. The highest BCUT2D eigenvalue weighted by molar-refractivity contribution is 5.38. The summed E-state index contributed by atoms with van der Waals surface area (Å²) in [6.07, 6.45) is 0. The summed E-state index contributed by atoms with van der Waals surface area (Å²) in [5.41, 5.74) is 5.30. The van der Waals surface area contributed by atoms with E-state index in [1.165, 1.54) is 22.3 Å². The molecule has 2 unspecified atom stereocenters. The van der Waals surface area contributed by atoms with Gasteiger partial charge in [0.05, 0.1) is 19.2 Å². The van der Waals surface area contributed by atoms with Crippen molar-refractivity contribution in [3.8, 4) is 5.75 Å². The molecule has 1 heterocycles. The van der Waals surface area contributed by atoms with Crippen LogP contribution in [0, 0.1) is 0 Å². The van der Waals surface area contributed by atoms with Gasteiger partial charge in [-0.15, -0.1) is 0 Å². The molecule has 2 atom stereocenters. The monoisotopic (exact) mass is 358 g/mol. The van der Waals surface area contributed by atoms with E-state index < -0.39 is 0 Å². The molecule has 3 heteroatoms. The van der Waals surface area contributed by atoms with Crippen molar-refractivity contribution in [2.75, 3.05) is 14.2 Å². The third-order valence-electron chi connectivity index (χ3n) is 5.45. The molecule has 138 valence electrons. The maximum Gasteiger partial charge on any atom is 0.123 e. The highest BCUT2D eigenvalue weighted by atomic mass is 16.5. The normalized spacial score (nSPS) is 19.5. The Bertz CT molecular complexity index is 894. The van der Waals surface area contributed by atoms with Gasteiger partial charge in [-0.3, -0.25) is 4.90 Å². The predicted octanol–water partition coefficient (Wildman–Crippen LogP) is 4.71. The number of likely N-dealkylation sites (N-methyl/N-ethyl adjacent to an activating group) is 1. The van der Waals surface area contributed by atoms with E-state index in [-0.39, 0.29) is 12.1 Å². The maximum absolute atomic E-state index is 5.54. The molecule has 1 N–H and O–H groups in total. The van der Waals surface area contributed by atoms with Crippen molar-refractivity contribution in [3.63, 3.8) is 0 Å².